The summed E-state index contributed by atoms with van der Waals surface area (Å²) in [6.07, 6.45) is 0. The zero-order valence-electron chi connectivity index (χ0n) is 9.92. The van der Waals surface area contributed by atoms with E-state index in [1.807, 2.05) is 12.1 Å². The molecule has 0 aromatic carbocycles. The molecule has 1 fully saturated rings. The fraction of sp³-hybridized carbons (Fsp3) is 0.583. The molecule has 0 spiro atoms. The summed E-state index contributed by atoms with van der Waals surface area (Å²) in [7, 11) is 0. The van der Waals surface area contributed by atoms with Gasteiger partial charge in [0, 0.05) is 31.9 Å². The fourth-order valence-corrected chi connectivity index (χ4v) is 1.97. The molecule has 88 valence electrons. The molecule has 0 amide bonds. The first kappa shape index (κ1) is 11.2. The lowest BCUT2D eigenvalue weighted by atomic mass is 10.1. The topological polar surface area (TPSA) is 48.1 Å². The van der Waals surface area contributed by atoms with Crippen molar-refractivity contribution in [2.75, 3.05) is 31.1 Å². The molecule has 2 heterocycles. The van der Waals surface area contributed by atoms with E-state index in [2.05, 4.69) is 29.0 Å². The predicted molar refractivity (Wildman–Crippen MR) is 66.2 cm³/mol. The van der Waals surface area contributed by atoms with Crippen molar-refractivity contribution in [1.29, 1.82) is 0 Å². The number of aromatic nitrogens is 1. The molecule has 2 rings (SSSR count). The molecule has 0 bridgehead atoms. The van der Waals surface area contributed by atoms with Gasteiger partial charge in [0.05, 0.1) is 0 Å². The van der Waals surface area contributed by atoms with Gasteiger partial charge in [0.15, 0.2) is 0 Å². The lowest BCUT2D eigenvalue weighted by molar-refractivity contribution is 0.587. The molecule has 1 saturated heterocycles. The molecular formula is C12H19N3O. The van der Waals surface area contributed by atoms with Gasteiger partial charge >= 0.3 is 0 Å². The standard InChI is InChI=1S/C12H19N3O/c1-9(2)10-3-4-11(12(16)14-10)15-7-5-13-6-8-15/h3-4,9,13H,5-8H2,1-2H3,(H,14,16). The van der Waals surface area contributed by atoms with Crippen LogP contribution in [0.4, 0.5) is 5.69 Å². The van der Waals surface area contributed by atoms with E-state index in [0.717, 1.165) is 37.6 Å². The molecule has 0 unspecified atom stereocenters. The fourth-order valence-electron chi connectivity index (χ4n) is 1.97. The van der Waals surface area contributed by atoms with Crippen LogP contribution in [0, 0.1) is 0 Å². The summed E-state index contributed by atoms with van der Waals surface area (Å²) < 4.78 is 0. The highest BCUT2D eigenvalue weighted by Gasteiger charge is 2.13. The lowest BCUT2D eigenvalue weighted by Gasteiger charge is -2.28. The average Bonchev–Trinajstić information content (AvgIpc) is 2.30. The first-order valence-electron chi connectivity index (χ1n) is 5.87. The molecule has 0 aliphatic carbocycles. The number of H-pyrrole nitrogens is 1. The van der Waals surface area contributed by atoms with Gasteiger partial charge in [0.2, 0.25) is 0 Å². The minimum atomic E-state index is 0.0353. The van der Waals surface area contributed by atoms with Crippen LogP contribution >= 0.6 is 0 Å². The van der Waals surface area contributed by atoms with Gasteiger partial charge in [0.1, 0.15) is 5.69 Å². The van der Waals surface area contributed by atoms with E-state index in [0.29, 0.717) is 5.92 Å². The average molecular weight is 221 g/mol. The molecular weight excluding hydrogens is 202 g/mol. The number of anilines is 1. The van der Waals surface area contributed by atoms with Gasteiger partial charge in [-0.2, -0.15) is 0 Å². The predicted octanol–water partition coefficient (Wildman–Crippen LogP) is 0.908. The Kier molecular flexibility index (Phi) is 3.29. The van der Waals surface area contributed by atoms with Crippen LogP contribution in [0.1, 0.15) is 25.5 Å². The van der Waals surface area contributed by atoms with E-state index in [9.17, 15) is 4.79 Å². The van der Waals surface area contributed by atoms with Crippen molar-refractivity contribution >= 4 is 5.69 Å². The van der Waals surface area contributed by atoms with Gasteiger partial charge in [-0.1, -0.05) is 13.8 Å². The normalized spacial score (nSPS) is 16.8. The highest BCUT2D eigenvalue weighted by molar-refractivity contribution is 5.45. The van der Waals surface area contributed by atoms with Crippen LogP contribution in [0.15, 0.2) is 16.9 Å². The third kappa shape index (κ3) is 2.27. The van der Waals surface area contributed by atoms with E-state index in [4.69, 9.17) is 0 Å². The number of hydrogen-bond acceptors (Lipinski definition) is 3. The number of piperazine rings is 1. The molecule has 1 aliphatic heterocycles. The Hall–Kier alpha value is -1.29. The largest absolute Gasteiger partial charge is 0.365 e. The lowest BCUT2D eigenvalue weighted by Crippen LogP contribution is -2.45. The maximum absolute atomic E-state index is 11.9. The van der Waals surface area contributed by atoms with Crippen molar-refractivity contribution in [2.45, 2.75) is 19.8 Å². The molecule has 1 aromatic heterocycles. The first-order chi connectivity index (χ1) is 7.68. The molecule has 16 heavy (non-hydrogen) atoms. The molecule has 4 heteroatoms. The van der Waals surface area contributed by atoms with E-state index < -0.39 is 0 Å². The highest BCUT2D eigenvalue weighted by atomic mass is 16.1. The third-order valence-corrected chi connectivity index (χ3v) is 2.99. The molecule has 2 N–H and O–H groups in total. The van der Waals surface area contributed by atoms with Crippen molar-refractivity contribution in [3.05, 3.63) is 28.2 Å². The minimum absolute atomic E-state index is 0.0353. The summed E-state index contributed by atoms with van der Waals surface area (Å²) in [5.74, 6) is 0.366. The van der Waals surface area contributed by atoms with Crippen molar-refractivity contribution < 1.29 is 0 Å². The zero-order valence-corrected chi connectivity index (χ0v) is 9.92. The summed E-state index contributed by atoms with van der Waals surface area (Å²) in [5, 5.41) is 3.28. The second-order valence-electron chi connectivity index (χ2n) is 4.52. The van der Waals surface area contributed by atoms with Crippen molar-refractivity contribution in [3.63, 3.8) is 0 Å². The van der Waals surface area contributed by atoms with E-state index in [1.165, 1.54) is 0 Å². The monoisotopic (exact) mass is 221 g/mol. The van der Waals surface area contributed by atoms with E-state index in [-0.39, 0.29) is 5.56 Å². The maximum Gasteiger partial charge on any atom is 0.271 e. The van der Waals surface area contributed by atoms with E-state index >= 15 is 0 Å². The number of hydrogen-bond donors (Lipinski definition) is 2. The van der Waals surface area contributed by atoms with Crippen molar-refractivity contribution in [3.8, 4) is 0 Å². The molecule has 1 aromatic rings. The quantitative estimate of drug-likeness (QED) is 0.780. The first-order valence-corrected chi connectivity index (χ1v) is 5.87. The second-order valence-corrected chi connectivity index (χ2v) is 4.52. The zero-order chi connectivity index (χ0) is 11.5. The number of rotatable bonds is 2. The Balaban J connectivity index is 2.25. The molecule has 0 atom stereocenters. The van der Waals surface area contributed by atoms with Crippen LogP contribution < -0.4 is 15.8 Å². The summed E-state index contributed by atoms with van der Waals surface area (Å²) in [4.78, 5) is 17.0. The summed E-state index contributed by atoms with van der Waals surface area (Å²) in [6.45, 7) is 7.87. The Bertz CT molecular complexity index is 405. The van der Waals surface area contributed by atoms with Gasteiger partial charge in [-0.05, 0) is 18.1 Å². The van der Waals surface area contributed by atoms with Crippen LogP contribution in [0.2, 0.25) is 0 Å². The van der Waals surface area contributed by atoms with Crippen LogP contribution in [-0.4, -0.2) is 31.2 Å². The third-order valence-electron chi connectivity index (χ3n) is 2.99. The number of nitrogens with one attached hydrogen (secondary N) is 2. The van der Waals surface area contributed by atoms with Crippen molar-refractivity contribution in [1.82, 2.24) is 10.3 Å². The summed E-state index contributed by atoms with van der Waals surface area (Å²) >= 11 is 0. The second kappa shape index (κ2) is 4.70. The Morgan fingerprint density at radius 1 is 1.25 bits per heavy atom. The molecule has 0 saturated carbocycles. The minimum Gasteiger partial charge on any atom is -0.365 e. The maximum atomic E-state index is 11.9. The smallest absolute Gasteiger partial charge is 0.271 e. The van der Waals surface area contributed by atoms with Crippen LogP contribution in [0.3, 0.4) is 0 Å². The Labute approximate surface area is 95.7 Å². The van der Waals surface area contributed by atoms with Gasteiger partial charge < -0.3 is 15.2 Å². The highest BCUT2D eigenvalue weighted by Crippen LogP contribution is 2.13. The van der Waals surface area contributed by atoms with E-state index in [1.54, 1.807) is 0 Å². The van der Waals surface area contributed by atoms with Gasteiger partial charge in [0.25, 0.3) is 5.56 Å². The van der Waals surface area contributed by atoms with Crippen LogP contribution in [0.25, 0.3) is 0 Å². The summed E-state index contributed by atoms with van der Waals surface area (Å²) in [6, 6.07) is 3.96. The van der Waals surface area contributed by atoms with Crippen LogP contribution in [-0.2, 0) is 0 Å². The number of pyridine rings is 1. The van der Waals surface area contributed by atoms with Gasteiger partial charge in [-0.3, -0.25) is 4.79 Å². The Morgan fingerprint density at radius 2 is 1.94 bits per heavy atom. The number of nitrogens with zero attached hydrogens (tertiary/aromatic N) is 1. The summed E-state index contributed by atoms with van der Waals surface area (Å²) in [5.41, 5.74) is 1.84. The molecule has 1 aliphatic rings. The molecule has 4 nitrogen and oxygen atoms in total. The number of aromatic amines is 1. The van der Waals surface area contributed by atoms with Crippen molar-refractivity contribution in [2.24, 2.45) is 0 Å². The van der Waals surface area contributed by atoms with Crippen LogP contribution in [0.5, 0.6) is 0 Å². The Morgan fingerprint density at radius 3 is 2.50 bits per heavy atom. The van der Waals surface area contributed by atoms with Gasteiger partial charge in [-0.25, -0.2) is 0 Å². The SMILES string of the molecule is CC(C)c1ccc(N2CCNCC2)c(=O)[nH]1. The van der Waals surface area contributed by atoms with Gasteiger partial charge in [-0.15, -0.1) is 0 Å². The molecule has 0 radical (unpaired) electrons.